The molecule has 1 aliphatic rings. The molecule has 1 aromatic heterocycles. The second kappa shape index (κ2) is 1.46. The zero-order chi connectivity index (χ0) is 6.27. The minimum atomic E-state index is 0.178. The maximum atomic E-state index is 5.20. The van der Waals surface area contributed by atoms with Crippen molar-refractivity contribution in [1.29, 1.82) is 0 Å². The Hall–Kier alpha value is -1.06. The first-order valence-electron chi connectivity index (χ1n) is 2.95. The fraction of sp³-hybridized carbons (Fsp3) is 0.600. The molecule has 0 aliphatic heterocycles. The molecule has 0 atom stereocenters. The van der Waals surface area contributed by atoms with Crippen LogP contribution in [0.2, 0.25) is 0 Å². The zero-order valence-corrected chi connectivity index (χ0v) is 4.87. The van der Waals surface area contributed by atoms with Gasteiger partial charge < -0.3 is 10.2 Å². The normalized spacial score (nSPS) is 18.2. The van der Waals surface area contributed by atoms with E-state index in [2.05, 4.69) is 10.2 Å². The minimum absolute atomic E-state index is 0.178. The van der Waals surface area contributed by atoms with Crippen molar-refractivity contribution in [1.82, 2.24) is 10.2 Å². The van der Waals surface area contributed by atoms with E-state index in [1.165, 1.54) is 12.8 Å². The predicted octanol–water partition coefficient (Wildman–Crippen LogP) is 0.529. The van der Waals surface area contributed by atoms with Gasteiger partial charge in [0.15, 0.2) is 0 Å². The van der Waals surface area contributed by atoms with Crippen molar-refractivity contribution in [2.45, 2.75) is 18.8 Å². The Morgan fingerprint density at radius 1 is 1.44 bits per heavy atom. The number of nitrogens with two attached hydrogens (primary N) is 1. The van der Waals surface area contributed by atoms with Gasteiger partial charge in [0.05, 0.1) is 0 Å². The predicted molar refractivity (Wildman–Crippen MR) is 30.7 cm³/mol. The van der Waals surface area contributed by atoms with Crippen molar-refractivity contribution >= 4 is 6.01 Å². The summed E-state index contributed by atoms with van der Waals surface area (Å²) in [7, 11) is 0. The second-order valence-corrected chi connectivity index (χ2v) is 2.25. The standard InChI is InChI=1S/C5H7N3O/c6-5-8-7-4(9-5)3-1-2-3/h3H,1-2H2,(H2,6,8). The summed E-state index contributed by atoms with van der Waals surface area (Å²) in [6, 6.07) is 0.178. The number of hydrogen-bond acceptors (Lipinski definition) is 4. The van der Waals surface area contributed by atoms with Crippen molar-refractivity contribution in [3.05, 3.63) is 5.89 Å². The first kappa shape index (κ1) is 4.78. The third kappa shape index (κ3) is 0.759. The molecule has 0 bridgehead atoms. The van der Waals surface area contributed by atoms with Crippen molar-refractivity contribution in [2.24, 2.45) is 0 Å². The van der Waals surface area contributed by atoms with Crippen LogP contribution in [0.25, 0.3) is 0 Å². The Morgan fingerprint density at radius 2 is 2.22 bits per heavy atom. The second-order valence-electron chi connectivity index (χ2n) is 2.25. The van der Waals surface area contributed by atoms with E-state index in [4.69, 9.17) is 10.2 Å². The molecule has 4 nitrogen and oxygen atoms in total. The molecule has 0 aromatic carbocycles. The van der Waals surface area contributed by atoms with Crippen molar-refractivity contribution in [3.8, 4) is 0 Å². The van der Waals surface area contributed by atoms with Gasteiger partial charge in [-0.15, -0.1) is 5.10 Å². The molecule has 0 amide bonds. The maximum Gasteiger partial charge on any atom is 0.312 e. The monoisotopic (exact) mass is 125 g/mol. The lowest BCUT2D eigenvalue weighted by Crippen LogP contribution is -1.81. The number of aromatic nitrogens is 2. The largest absolute Gasteiger partial charge is 0.408 e. The van der Waals surface area contributed by atoms with E-state index in [0.717, 1.165) is 0 Å². The molecule has 0 radical (unpaired) electrons. The minimum Gasteiger partial charge on any atom is -0.408 e. The molecule has 1 heterocycles. The summed E-state index contributed by atoms with van der Waals surface area (Å²) in [6.45, 7) is 0. The van der Waals surface area contributed by atoms with Gasteiger partial charge in [-0.1, -0.05) is 5.10 Å². The third-order valence-corrected chi connectivity index (χ3v) is 1.38. The van der Waals surface area contributed by atoms with Gasteiger partial charge in [-0.05, 0) is 12.8 Å². The lowest BCUT2D eigenvalue weighted by Gasteiger charge is -1.80. The molecule has 4 heteroatoms. The maximum absolute atomic E-state index is 5.20. The van der Waals surface area contributed by atoms with E-state index in [9.17, 15) is 0 Å². The summed E-state index contributed by atoms with van der Waals surface area (Å²) in [6.07, 6.45) is 2.34. The van der Waals surface area contributed by atoms with Gasteiger partial charge in [-0.3, -0.25) is 0 Å². The van der Waals surface area contributed by atoms with E-state index < -0.39 is 0 Å². The fourth-order valence-corrected chi connectivity index (χ4v) is 0.742. The summed E-state index contributed by atoms with van der Waals surface area (Å²) < 4.78 is 4.96. The number of anilines is 1. The van der Waals surface area contributed by atoms with Crippen LogP contribution in [-0.2, 0) is 0 Å². The van der Waals surface area contributed by atoms with Crippen LogP contribution in [0.3, 0.4) is 0 Å². The smallest absolute Gasteiger partial charge is 0.312 e. The summed E-state index contributed by atoms with van der Waals surface area (Å²) in [4.78, 5) is 0. The van der Waals surface area contributed by atoms with Gasteiger partial charge in [0.2, 0.25) is 5.89 Å². The van der Waals surface area contributed by atoms with Crippen LogP contribution in [0.1, 0.15) is 24.7 Å². The van der Waals surface area contributed by atoms with Gasteiger partial charge in [0.1, 0.15) is 0 Å². The van der Waals surface area contributed by atoms with E-state index in [0.29, 0.717) is 11.8 Å². The van der Waals surface area contributed by atoms with Gasteiger partial charge in [0.25, 0.3) is 0 Å². The molecule has 1 aromatic rings. The summed E-state index contributed by atoms with van der Waals surface area (Å²) in [5.41, 5.74) is 5.20. The van der Waals surface area contributed by atoms with E-state index >= 15 is 0 Å². The average Bonchev–Trinajstić information content (AvgIpc) is 2.58. The molecule has 2 rings (SSSR count). The molecule has 48 valence electrons. The highest BCUT2D eigenvalue weighted by molar-refractivity contribution is 5.09. The molecule has 2 N–H and O–H groups in total. The van der Waals surface area contributed by atoms with Crippen molar-refractivity contribution in [2.75, 3.05) is 5.73 Å². The lowest BCUT2D eigenvalue weighted by molar-refractivity contribution is 0.513. The van der Waals surface area contributed by atoms with Gasteiger partial charge in [0, 0.05) is 5.92 Å². The first-order valence-corrected chi connectivity index (χ1v) is 2.95. The molecule has 0 spiro atoms. The van der Waals surface area contributed by atoms with Crippen LogP contribution in [0, 0.1) is 0 Å². The third-order valence-electron chi connectivity index (χ3n) is 1.38. The number of nitrogen functional groups attached to an aromatic ring is 1. The fourth-order valence-electron chi connectivity index (χ4n) is 0.742. The van der Waals surface area contributed by atoms with E-state index in [-0.39, 0.29) is 6.01 Å². The Kier molecular flexibility index (Phi) is 0.777. The Morgan fingerprint density at radius 3 is 2.67 bits per heavy atom. The Labute approximate surface area is 52.1 Å². The van der Waals surface area contributed by atoms with Crippen LogP contribution in [0.15, 0.2) is 4.42 Å². The van der Waals surface area contributed by atoms with Crippen molar-refractivity contribution in [3.63, 3.8) is 0 Å². The van der Waals surface area contributed by atoms with Crippen LogP contribution < -0.4 is 5.73 Å². The molecular formula is C5H7N3O. The summed E-state index contributed by atoms with van der Waals surface area (Å²) in [5.74, 6) is 1.21. The zero-order valence-electron chi connectivity index (χ0n) is 4.87. The van der Waals surface area contributed by atoms with Crippen molar-refractivity contribution < 1.29 is 4.42 Å². The number of hydrogen-bond donors (Lipinski definition) is 1. The highest BCUT2D eigenvalue weighted by Crippen LogP contribution is 2.39. The molecule has 1 saturated carbocycles. The quantitative estimate of drug-likeness (QED) is 0.594. The van der Waals surface area contributed by atoms with Crippen LogP contribution in [0.4, 0.5) is 6.01 Å². The van der Waals surface area contributed by atoms with E-state index in [1.807, 2.05) is 0 Å². The number of rotatable bonds is 1. The van der Waals surface area contributed by atoms with Crippen LogP contribution in [-0.4, -0.2) is 10.2 Å². The highest BCUT2D eigenvalue weighted by atomic mass is 16.4. The Bertz CT molecular complexity index is 216. The molecule has 1 aliphatic carbocycles. The average molecular weight is 125 g/mol. The molecule has 0 saturated heterocycles. The van der Waals surface area contributed by atoms with Gasteiger partial charge >= 0.3 is 6.01 Å². The van der Waals surface area contributed by atoms with E-state index in [1.54, 1.807) is 0 Å². The lowest BCUT2D eigenvalue weighted by atomic mass is 10.4. The molecule has 1 fully saturated rings. The highest BCUT2D eigenvalue weighted by Gasteiger charge is 2.28. The number of nitrogens with zero attached hydrogens (tertiary/aromatic N) is 2. The molecular weight excluding hydrogens is 118 g/mol. The van der Waals surface area contributed by atoms with Crippen LogP contribution >= 0.6 is 0 Å². The van der Waals surface area contributed by atoms with Gasteiger partial charge in [-0.2, -0.15) is 0 Å². The summed E-state index contributed by atoms with van der Waals surface area (Å²) in [5, 5.41) is 7.28. The summed E-state index contributed by atoms with van der Waals surface area (Å²) >= 11 is 0. The van der Waals surface area contributed by atoms with Crippen LogP contribution in [0.5, 0.6) is 0 Å². The van der Waals surface area contributed by atoms with Gasteiger partial charge in [-0.25, -0.2) is 0 Å². The molecule has 9 heavy (non-hydrogen) atoms. The molecule has 0 unspecified atom stereocenters. The Balaban J connectivity index is 2.28. The first-order chi connectivity index (χ1) is 4.36. The topological polar surface area (TPSA) is 64.9 Å². The SMILES string of the molecule is Nc1nnc(C2CC2)o1.